The minimum Gasteiger partial charge on any atom is -0.435 e. The van der Waals surface area contributed by atoms with E-state index in [9.17, 15) is 0 Å². The second-order valence-corrected chi connectivity index (χ2v) is 3.54. The summed E-state index contributed by atoms with van der Waals surface area (Å²) in [4.78, 5) is 8.20. The molecule has 0 saturated carbocycles. The normalized spacial score (nSPS) is 10.3. The molecule has 6 heteroatoms. The Hall–Kier alpha value is -2.11. The molecule has 0 aliphatic heterocycles. The number of rotatable bonds is 4. The average molecular weight is 233 g/mol. The number of aryl methyl sites for hydroxylation is 1. The van der Waals surface area contributed by atoms with Gasteiger partial charge >= 0.3 is 0 Å². The van der Waals surface area contributed by atoms with Crippen LogP contribution in [-0.4, -0.2) is 26.8 Å². The van der Waals surface area contributed by atoms with Gasteiger partial charge in [-0.1, -0.05) is 0 Å². The van der Waals surface area contributed by atoms with Crippen LogP contribution in [0, 0.1) is 6.92 Å². The van der Waals surface area contributed by atoms with Crippen molar-refractivity contribution in [2.45, 2.75) is 20.4 Å². The van der Waals surface area contributed by atoms with Crippen LogP contribution in [0.25, 0.3) is 0 Å². The summed E-state index contributed by atoms with van der Waals surface area (Å²) in [5.41, 5.74) is 0.874. The highest BCUT2D eigenvalue weighted by Crippen LogP contribution is 2.25. The zero-order valence-corrected chi connectivity index (χ0v) is 10.1. The van der Waals surface area contributed by atoms with Gasteiger partial charge in [-0.25, -0.2) is 9.97 Å². The molecule has 2 aromatic rings. The van der Waals surface area contributed by atoms with Gasteiger partial charge in [0.1, 0.15) is 12.1 Å². The second-order valence-electron chi connectivity index (χ2n) is 3.54. The van der Waals surface area contributed by atoms with Gasteiger partial charge in [0.15, 0.2) is 5.75 Å². The van der Waals surface area contributed by atoms with E-state index in [0.29, 0.717) is 11.6 Å². The molecule has 2 heterocycles. The minimum absolute atomic E-state index is 0.542. The van der Waals surface area contributed by atoms with E-state index in [2.05, 4.69) is 20.4 Å². The summed E-state index contributed by atoms with van der Waals surface area (Å²) in [6.07, 6.45) is 4.98. The number of nitrogens with one attached hydrogen (secondary N) is 1. The summed E-state index contributed by atoms with van der Waals surface area (Å²) in [6, 6.07) is 0. The molecule has 6 nitrogen and oxygen atoms in total. The highest BCUT2D eigenvalue weighted by Gasteiger charge is 2.08. The Kier molecular flexibility index (Phi) is 3.22. The molecule has 0 amide bonds. The van der Waals surface area contributed by atoms with E-state index < -0.39 is 0 Å². The maximum atomic E-state index is 5.66. The maximum Gasteiger partial charge on any atom is 0.227 e. The topological polar surface area (TPSA) is 64.9 Å². The van der Waals surface area contributed by atoms with E-state index in [1.807, 2.05) is 27.1 Å². The lowest BCUT2D eigenvalue weighted by molar-refractivity contribution is 0.456. The number of aromatic nitrogens is 4. The first-order valence-corrected chi connectivity index (χ1v) is 5.44. The second kappa shape index (κ2) is 4.82. The Bertz CT molecular complexity index is 508. The Balaban J connectivity index is 2.23. The molecule has 0 bridgehead atoms. The van der Waals surface area contributed by atoms with Gasteiger partial charge in [-0.15, -0.1) is 0 Å². The van der Waals surface area contributed by atoms with Crippen LogP contribution in [0.4, 0.5) is 5.82 Å². The number of hydrogen-bond donors (Lipinski definition) is 1. The summed E-state index contributed by atoms with van der Waals surface area (Å²) < 4.78 is 7.46. The predicted octanol–water partition coefficient (Wildman–Crippen LogP) is 1.84. The molecule has 0 unspecified atom stereocenters. The SMILES string of the molecule is CCn1cc(Oc2ncnc(NC)c2C)cn1. The Morgan fingerprint density at radius 2 is 2.24 bits per heavy atom. The fraction of sp³-hybridized carbons (Fsp3) is 0.364. The van der Waals surface area contributed by atoms with Crippen LogP contribution in [0.2, 0.25) is 0 Å². The fourth-order valence-corrected chi connectivity index (χ4v) is 1.47. The van der Waals surface area contributed by atoms with Gasteiger partial charge in [0.25, 0.3) is 0 Å². The van der Waals surface area contributed by atoms with Gasteiger partial charge in [0, 0.05) is 13.6 Å². The summed E-state index contributed by atoms with van der Waals surface area (Å²) in [5.74, 6) is 1.98. The zero-order valence-electron chi connectivity index (χ0n) is 10.1. The smallest absolute Gasteiger partial charge is 0.227 e. The monoisotopic (exact) mass is 233 g/mol. The minimum atomic E-state index is 0.542. The summed E-state index contributed by atoms with van der Waals surface area (Å²) in [5, 5.41) is 7.12. The van der Waals surface area contributed by atoms with E-state index in [1.54, 1.807) is 10.9 Å². The van der Waals surface area contributed by atoms with Gasteiger partial charge < -0.3 is 10.1 Å². The molecule has 0 saturated heterocycles. The molecular weight excluding hydrogens is 218 g/mol. The number of anilines is 1. The number of hydrogen-bond acceptors (Lipinski definition) is 5. The van der Waals surface area contributed by atoms with Crippen LogP contribution in [-0.2, 0) is 6.54 Å². The zero-order chi connectivity index (χ0) is 12.3. The highest BCUT2D eigenvalue weighted by molar-refractivity contribution is 5.47. The van der Waals surface area contributed by atoms with E-state index in [1.165, 1.54) is 6.33 Å². The van der Waals surface area contributed by atoms with E-state index in [4.69, 9.17) is 4.74 Å². The molecule has 1 N–H and O–H groups in total. The lowest BCUT2D eigenvalue weighted by Crippen LogP contribution is -1.99. The molecular formula is C11H15N5O. The molecule has 0 aliphatic rings. The Morgan fingerprint density at radius 1 is 1.41 bits per heavy atom. The average Bonchev–Trinajstić information content (AvgIpc) is 2.79. The van der Waals surface area contributed by atoms with Gasteiger partial charge in [-0.2, -0.15) is 5.10 Å². The Labute approximate surface area is 99.7 Å². The molecule has 0 radical (unpaired) electrons. The standard InChI is InChI=1S/C11H15N5O/c1-4-16-6-9(5-15-16)17-11-8(2)10(12-3)13-7-14-11/h5-7H,4H2,1-3H3,(H,12,13,14). The first-order chi connectivity index (χ1) is 8.24. The first kappa shape index (κ1) is 11.4. The van der Waals surface area contributed by atoms with Crippen molar-refractivity contribution in [2.75, 3.05) is 12.4 Å². The van der Waals surface area contributed by atoms with Crippen molar-refractivity contribution in [1.82, 2.24) is 19.7 Å². The largest absolute Gasteiger partial charge is 0.435 e. The van der Waals surface area contributed by atoms with Crippen LogP contribution in [0.15, 0.2) is 18.7 Å². The maximum absolute atomic E-state index is 5.66. The van der Waals surface area contributed by atoms with Crippen molar-refractivity contribution in [2.24, 2.45) is 0 Å². The van der Waals surface area contributed by atoms with E-state index >= 15 is 0 Å². The first-order valence-electron chi connectivity index (χ1n) is 5.44. The lowest BCUT2D eigenvalue weighted by atomic mass is 10.3. The van der Waals surface area contributed by atoms with Gasteiger partial charge in [0.2, 0.25) is 5.88 Å². The summed E-state index contributed by atoms with van der Waals surface area (Å²) >= 11 is 0. The molecule has 90 valence electrons. The van der Waals surface area contributed by atoms with Crippen molar-refractivity contribution in [3.8, 4) is 11.6 Å². The van der Waals surface area contributed by atoms with Crippen molar-refractivity contribution < 1.29 is 4.74 Å². The third kappa shape index (κ3) is 2.35. The van der Waals surface area contributed by atoms with Crippen LogP contribution in [0.5, 0.6) is 11.6 Å². The van der Waals surface area contributed by atoms with Crippen LogP contribution in [0.3, 0.4) is 0 Å². The molecule has 2 aromatic heterocycles. The molecule has 0 fully saturated rings. The molecule has 0 spiro atoms. The van der Waals surface area contributed by atoms with Crippen LogP contribution in [0.1, 0.15) is 12.5 Å². The van der Waals surface area contributed by atoms with Crippen molar-refractivity contribution >= 4 is 5.82 Å². The van der Waals surface area contributed by atoms with Crippen molar-refractivity contribution in [3.63, 3.8) is 0 Å². The summed E-state index contributed by atoms with van der Waals surface area (Å²) in [6.45, 7) is 4.74. The fourth-order valence-electron chi connectivity index (χ4n) is 1.47. The molecule has 2 rings (SSSR count). The quantitative estimate of drug-likeness (QED) is 0.872. The third-order valence-corrected chi connectivity index (χ3v) is 2.42. The van der Waals surface area contributed by atoms with Crippen molar-refractivity contribution in [3.05, 3.63) is 24.3 Å². The van der Waals surface area contributed by atoms with Crippen LogP contribution < -0.4 is 10.1 Å². The highest BCUT2D eigenvalue weighted by atomic mass is 16.5. The van der Waals surface area contributed by atoms with Crippen molar-refractivity contribution in [1.29, 1.82) is 0 Å². The third-order valence-electron chi connectivity index (χ3n) is 2.42. The van der Waals surface area contributed by atoms with E-state index in [-0.39, 0.29) is 0 Å². The summed E-state index contributed by atoms with van der Waals surface area (Å²) in [7, 11) is 1.81. The van der Waals surface area contributed by atoms with Gasteiger partial charge in [-0.05, 0) is 13.8 Å². The Morgan fingerprint density at radius 3 is 2.88 bits per heavy atom. The van der Waals surface area contributed by atoms with Gasteiger partial charge in [-0.3, -0.25) is 4.68 Å². The molecule has 17 heavy (non-hydrogen) atoms. The van der Waals surface area contributed by atoms with Crippen LogP contribution >= 0.6 is 0 Å². The number of nitrogens with zero attached hydrogens (tertiary/aromatic N) is 4. The number of ether oxygens (including phenoxy) is 1. The molecule has 0 atom stereocenters. The lowest BCUT2D eigenvalue weighted by Gasteiger charge is -2.08. The van der Waals surface area contributed by atoms with Gasteiger partial charge in [0.05, 0.1) is 18.0 Å². The molecule has 0 aromatic carbocycles. The van der Waals surface area contributed by atoms with E-state index in [0.717, 1.165) is 17.9 Å². The molecule has 0 aliphatic carbocycles. The predicted molar refractivity (Wildman–Crippen MR) is 64.3 cm³/mol.